The number of nitrogens with one attached hydrogen (secondary N) is 1. The molecule has 1 rings (SSSR count). The molecule has 0 spiro atoms. The van der Waals surface area contributed by atoms with E-state index in [9.17, 15) is 0 Å². The van der Waals surface area contributed by atoms with Gasteiger partial charge in [0.25, 0.3) is 0 Å². The van der Waals surface area contributed by atoms with Crippen molar-refractivity contribution in [3.63, 3.8) is 0 Å². The predicted molar refractivity (Wildman–Crippen MR) is 68.5 cm³/mol. The molecule has 0 aromatic carbocycles. The van der Waals surface area contributed by atoms with Crippen molar-refractivity contribution in [2.75, 3.05) is 13.7 Å². The Labute approximate surface area is 106 Å². The first kappa shape index (κ1) is 13.7. The van der Waals surface area contributed by atoms with Gasteiger partial charge in [0.1, 0.15) is 5.76 Å². The normalized spacial score (nSPS) is 15.0. The molecule has 92 valence electrons. The van der Waals surface area contributed by atoms with Gasteiger partial charge in [-0.05, 0) is 41.4 Å². The van der Waals surface area contributed by atoms with Crippen molar-refractivity contribution in [1.82, 2.24) is 5.32 Å². The molecule has 2 atom stereocenters. The second-order valence-corrected chi connectivity index (χ2v) is 4.75. The van der Waals surface area contributed by atoms with Gasteiger partial charge in [-0.2, -0.15) is 0 Å². The zero-order valence-corrected chi connectivity index (χ0v) is 11.7. The van der Waals surface area contributed by atoms with Crippen molar-refractivity contribution in [3.8, 4) is 0 Å². The summed E-state index contributed by atoms with van der Waals surface area (Å²) in [6.45, 7) is 5.02. The number of hydrogen-bond acceptors (Lipinski definition) is 3. The zero-order valence-electron chi connectivity index (χ0n) is 10.1. The molecule has 16 heavy (non-hydrogen) atoms. The first-order valence-corrected chi connectivity index (χ1v) is 6.46. The van der Waals surface area contributed by atoms with Gasteiger partial charge < -0.3 is 14.5 Å². The van der Waals surface area contributed by atoms with E-state index in [1.165, 1.54) is 0 Å². The smallest absolute Gasteiger partial charge is 0.169 e. The molecule has 1 N–H and O–H groups in total. The van der Waals surface area contributed by atoms with Crippen LogP contribution in [0.15, 0.2) is 21.2 Å². The summed E-state index contributed by atoms with van der Waals surface area (Å²) in [5.41, 5.74) is 0. The van der Waals surface area contributed by atoms with E-state index in [4.69, 9.17) is 9.15 Å². The van der Waals surface area contributed by atoms with Crippen LogP contribution in [0.2, 0.25) is 0 Å². The van der Waals surface area contributed by atoms with E-state index in [1.54, 1.807) is 7.11 Å². The lowest BCUT2D eigenvalue weighted by Gasteiger charge is -2.21. The lowest BCUT2D eigenvalue weighted by molar-refractivity contribution is 0.155. The summed E-state index contributed by atoms with van der Waals surface area (Å²) < 4.78 is 11.5. The van der Waals surface area contributed by atoms with Crippen LogP contribution < -0.4 is 5.32 Å². The Bertz CT molecular complexity index is 295. The van der Waals surface area contributed by atoms with Gasteiger partial charge in [-0.15, -0.1) is 0 Å². The van der Waals surface area contributed by atoms with Crippen molar-refractivity contribution in [2.24, 2.45) is 0 Å². The molecule has 2 unspecified atom stereocenters. The van der Waals surface area contributed by atoms with Gasteiger partial charge in [0.15, 0.2) is 4.67 Å². The van der Waals surface area contributed by atoms with Crippen LogP contribution in [0.1, 0.15) is 38.5 Å². The van der Waals surface area contributed by atoms with Crippen LogP contribution in [0, 0.1) is 0 Å². The van der Waals surface area contributed by atoms with E-state index in [2.05, 4.69) is 35.1 Å². The Balaban J connectivity index is 2.50. The van der Waals surface area contributed by atoms with E-state index in [1.807, 2.05) is 12.1 Å². The maximum atomic E-state index is 5.52. The number of furan rings is 1. The van der Waals surface area contributed by atoms with Gasteiger partial charge in [-0.1, -0.05) is 13.3 Å². The van der Waals surface area contributed by atoms with Crippen molar-refractivity contribution < 1.29 is 9.15 Å². The largest absolute Gasteiger partial charge is 0.453 e. The number of hydrogen-bond donors (Lipinski definition) is 1. The summed E-state index contributed by atoms with van der Waals surface area (Å²) in [5, 5.41) is 3.51. The van der Waals surface area contributed by atoms with Crippen LogP contribution in [0.5, 0.6) is 0 Å². The molecule has 0 saturated heterocycles. The minimum atomic E-state index is 0.206. The topological polar surface area (TPSA) is 34.4 Å². The maximum Gasteiger partial charge on any atom is 0.169 e. The zero-order chi connectivity index (χ0) is 12.0. The SMILES string of the molecule is CCCC(COC)NC(C)c1ccc(Br)o1. The molecular formula is C12H20BrNO2. The summed E-state index contributed by atoms with van der Waals surface area (Å²) in [5.74, 6) is 0.948. The second kappa shape index (κ2) is 7.09. The fraction of sp³-hybridized carbons (Fsp3) is 0.667. The Morgan fingerprint density at radius 1 is 1.50 bits per heavy atom. The highest BCUT2D eigenvalue weighted by atomic mass is 79.9. The third-order valence-corrected chi connectivity index (χ3v) is 2.94. The quantitative estimate of drug-likeness (QED) is 0.834. The Kier molecular flexibility index (Phi) is 6.09. The molecule has 0 amide bonds. The van der Waals surface area contributed by atoms with Crippen LogP contribution in [-0.2, 0) is 4.74 Å². The van der Waals surface area contributed by atoms with Crippen LogP contribution in [0.25, 0.3) is 0 Å². The average molecular weight is 290 g/mol. The van der Waals surface area contributed by atoms with Crippen molar-refractivity contribution >= 4 is 15.9 Å². The first-order chi connectivity index (χ1) is 7.67. The standard InChI is InChI=1S/C12H20BrNO2/c1-4-5-10(8-15-3)14-9(2)11-6-7-12(13)16-11/h6-7,9-10,14H,4-5,8H2,1-3H3. The molecule has 1 aromatic rings. The Morgan fingerprint density at radius 2 is 2.25 bits per heavy atom. The molecule has 3 nitrogen and oxygen atoms in total. The molecule has 0 aliphatic heterocycles. The first-order valence-electron chi connectivity index (χ1n) is 5.67. The van der Waals surface area contributed by atoms with Gasteiger partial charge in [-0.25, -0.2) is 0 Å². The molecule has 0 radical (unpaired) electrons. The van der Waals surface area contributed by atoms with Crippen molar-refractivity contribution in [1.29, 1.82) is 0 Å². The van der Waals surface area contributed by atoms with Gasteiger partial charge >= 0.3 is 0 Å². The van der Waals surface area contributed by atoms with Crippen LogP contribution in [0.4, 0.5) is 0 Å². The van der Waals surface area contributed by atoms with Crippen LogP contribution >= 0.6 is 15.9 Å². The van der Waals surface area contributed by atoms with E-state index < -0.39 is 0 Å². The van der Waals surface area contributed by atoms with Gasteiger partial charge in [0.05, 0.1) is 12.6 Å². The molecule has 1 heterocycles. The predicted octanol–water partition coefficient (Wildman–Crippen LogP) is 3.51. The maximum absolute atomic E-state index is 5.52. The molecular weight excluding hydrogens is 270 g/mol. The third-order valence-electron chi connectivity index (χ3n) is 2.51. The summed E-state index contributed by atoms with van der Waals surface area (Å²) in [6, 6.07) is 4.49. The van der Waals surface area contributed by atoms with Crippen molar-refractivity contribution in [3.05, 3.63) is 22.6 Å². The lowest BCUT2D eigenvalue weighted by Crippen LogP contribution is -2.34. The fourth-order valence-electron chi connectivity index (χ4n) is 1.76. The molecule has 0 aliphatic rings. The van der Waals surface area contributed by atoms with Gasteiger partial charge in [-0.3, -0.25) is 0 Å². The van der Waals surface area contributed by atoms with E-state index in [0.29, 0.717) is 6.04 Å². The van der Waals surface area contributed by atoms with Gasteiger partial charge in [0.2, 0.25) is 0 Å². The average Bonchev–Trinajstić information content (AvgIpc) is 2.65. The molecule has 0 fully saturated rings. The summed E-state index contributed by atoms with van der Waals surface area (Å²) in [4.78, 5) is 0. The molecule has 4 heteroatoms. The highest BCUT2D eigenvalue weighted by molar-refractivity contribution is 9.10. The molecule has 0 aliphatic carbocycles. The molecule has 0 bridgehead atoms. The second-order valence-electron chi connectivity index (χ2n) is 3.97. The summed E-state index contributed by atoms with van der Waals surface area (Å²) >= 11 is 3.31. The Morgan fingerprint density at radius 3 is 2.75 bits per heavy atom. The molecule has 0 saturated carbocycles. The number of rotatable bonds is 7. The van der Waals surface area contributed by atoms with Crippen LogP contribution in [0.3, 0.4) is 0 Å². The number of halogens is 1. The van der Waals surface area contributed by atoms with E-state index >= 15 is 0 Å². The van der Waals surface area contributed by atoms with Crippen molar-refractivity contribution in [2.45, 2.75) is 38.8 Å². The van der Waals surface area contributed by atoms with Crippen LogP contribution in [-0.4, -0.2) is 19.8 Å². The lowest BCUT2D eigenvalue weighted by atomic mass is 10.1. The third kappa shape index (κ3) is 4.28. The minimum Gasteiger partial charge on any atom is -0.453 e. The van der Waals surface area contributed by atoms with E-state index in [-0.39, 0.29) is 6.04 Å². The number of ether oxygens (including phenoxy) is 1. The Hall–Kier alpha value is -0.320. The highest BCUT2D eigenvalue weighted by Gasteiger charge is 2.15. The number of methoxy groups -OCH3 is 1. The molecule has 1 aromatic heterocycles. The summed E-state index contributed by atoms with van der Waals surface area (Å²) in [7, 11) is 1.73. The van der Waals surface area contributed by atoms with E-state index in [0.717, 1.165) is 29.9 Å². The fourth-order valence-corrected chi connectivity index (χ4v) is 2.08. The van der Waals surface area contributed by atoms with Gasteiger partial charge in [0, 0.05) is 13.2 Å². The monoisotopic (exact) mass is 289 g/mol. The minimum absolute atomic E-state index is 0.206. The highest BCUT2D eigenvalue weighted by Crippen LogP contribution is 2.20. The summed E-state index contributed by atoms with van der Waals surface area (Å²) in [6.07, 6.45) is 2.26.